The molecule has 0 saturated heterocycles. The molecule has 0 bridgehead atoms. The zero-order chi connectivity index (χ0) is 38.0. The van der Waals surface area contributed by atoms with E-state index in [1.54, 1.807) is 24.8 Å². The second-order valence-electron chi connectivity index (χ2n) is 13.3. The van der Waals surface area contributed by atoms with Crippen LogP contribution in [0.2, 0.25) is 0 Å². The summed E-state index contributed by atoms with van der Waals surface area (Å²) in [4.78, 5) is 38.9. The van der Waals surface area contributed by atoms with Gasteiger partial charge in [0.05, 0.1) is 22.8 Å². The molecular weight excluding hydrogens is 705 g/mol. The summed E-state index contributed by atoms with van der Waals surface area (Å²) in [6.07, 6.45) is 7.17. The summed E-state index contributed by atoms with van der Waals surface area (Å²) in [5, 5.41) is 0. The van der Waals surface area contributed by atoms with Crippen molar-refractivity contribution in [2.45, 2.75) is 0 Å². The summed E-state index contributed by atoms with van der Waals surface area (Å²) in [7, 11) is 0. The summed E-state index contributed by atoms with van der Waals surface area (Å²) < 4.78 is 6.07. The second kappa shape index (κ2) is 14.7. The number of rotatable bonds is 8. The highest BCUT2D eigenvalue weighted by atomic mass is 16.3. The Balaban J connectivity index is 1.17. The quantitative estimate of drug-likeness (QED) is 0.150. The monoisotopic (exact) mass is 734 g/mol. The Bertz CT molecular complexity index is 2700. The molecule has 10 aromatic rings. The molecule has 6 heterocycles. The van der Waals surface area contributed by atoms with Gasteiger partial charge in [-0.05, 0) is 109 Å². The molecule has 10 rings (SSSR count). The average Bonchev–Trinajstić information content (AvgIpc) is 3.74. The highest BCUT2D eigenvalue weighted by Crippen LogP contribution is 2.35. The number of fused-ring (bicyclic) bond motifs is 1. The van der Waals surface area contributed by atoms with E-state index in [1.807, 2.05) is 121 Å². The first-order valence-electron chi connectivity index (χ1n) is 18.4. The van der Waals surface area contributed by atoms with Crippen molar-refractivity contribution >= 4 is 11.1 Å². The summed E-state index contributed by atoms with van der Waals surface area (Å²) >= 11 is 0. The third-order valence-corrected chi connectivity index (χ3v) is 9.54. The molecule has 9 nitrogen and oxygen atoms in total. The van der Waals surface area contributed by atoms with Crippen molar-refractivity contribution in [1.29, 1.82) is 0 Å². The maximum Gasteiger partial charge on any atom is 0.227 e. The molecular formula is C48H30N8O. The number of pyridine rings is 4. The van der Waals surface area contributed by atoms with Gasteiger partial charge in [0.1, 0.15) is 5.52 Å². The molecule has 0 unspecified atom stereocenters. The first kappa shape index (κ1) is 33.5. The Morgan fingerprint density at radius 2 is 0.667 bits per heavy atom. The van der Waals surface area contributed by atoms with Crippen LogP contribution in [0.25, 0.3) is 102 Å². The lowest BCUT2D eigenvalue weighted by atomic mass is 9.99. The molecule has 0 N–H and O–H groups in total. The Hall–Kier alpha value is -8.04. The Morgan fingerprint density at radius 1 is 0.298 bits per heavy atom. The third kappa shape index (κ3) is 6.92. The molecule has 9 heteroatoms. The highest BCUT2D eigenvalue weighted by molar-refractivity contribution is 5.81. The maximum absolute atomic E-state index is 6.07. The minimum absolute atomic E-state index is 0.496. The topological polar surface area (TPSA) is 116 Å². The van der Waals surface area contributed by atoms with Gasteiger partial charge in [0.25, 0.3) is 0 Å². The van der Waals surface area contributed by atoms with E-state index in [0.717, 1.165) is 78.4 Å². The molecule has 0 amide bonds. The van der Waals surface area contributed by atoms with Gasteiger partial charge in [-0.1, -0.05) is 48.5 Å². The zero-order valence-electron chi connectivity index (χ0n) is 30.3. The molecule has 268 valence electrons. The summed E-state index contributed by atoms with van der Waals surface area (Å²) in [5.41, 5.74) is 11.7. The van der Waals surface area contributed by atoms with Crippen LogP contribution in [-0.2, 0) is 0 Å². The molecule has 57 heavy (non-hydrogen) atoms. The number of benzene rings is 4. The number of nitrogens with zero attached hydrogens (tertiary/aromatic N) is 8. The van der Waals surface area contributed by atoms with Crippen LogP contribution in [0, 0.1) is 0 Å². The standard InChI is InChI=1S/C48H30N8O/c1-2-16-44-43(15-1)53-48(57-44)32-19-17-31(18-20-32)45-54-46(37-27-33(39-11-3-7-21-49-39)25-34(28-37)40-12-4-8-22-50-40)56-47(55-45)38-29-35(41-13-5-9-23-51-41)26-36(30-38)42-14-6-10-24-52-42/h1-30H. The first-order chi connectivity index (χ1) is 28.2. The second-order valence-corrected chi connectivity index (χ2v) is 13.3. The third-order valence-electron chi connectivity index (χ3n) is 9.54. The molecule has 0 saturated carbocycles. The van der Waals surface area contributed by atoms with Crippen molar-refractivity contribution in [3.05, 3.63) is 183 Å². The van der Waals surface area contributed by atoms with E-state index >= 15 is 0 Å². The normalized spacial score (nSPS) is 11.2. The lowest BCUT2D eigenvalue weighted by molar-refractivity contribution is 0.620. The van der Waals surface area contributed by atoms with Gasteiger partial charge in [0, 0.05) is 69.3 Å². The molecule has 0 aliphatic heterocycles. The van der Waals surface area contributed by atoms with Crippen LogP contribution in [0.5, 0.6) is 0 Å². The van der Waals surface area contributed by atoms with Crippen LogP contribution < -0.4 is 0 Å². The lowest BCUT2D eigenvalue weighted by Crippen LogP contribution is -2.01. The fraction of sp³-hybridized carbons (Fsp3) is 0. The zero-order valence-corrected chi connectivity index (χ0v) is 30.3. The van der Waals surface area contributed by atoms with Gasteiger partial charge < -0.3 is 4.42 Å². The largest absolute Gasteiger partial charge is 0.436 e. The predicted molar refractivity (Wildman–Crippen MR) is 222 cm³/mol. The lowest BCUT2D eigenvalue weighted by Gasteiger charge is -2.13. The molecule has 0 spiro atoms. The van der Waals surface area contributed by atoms with Crippen LogP contribution >= 0.6 is 0 Å². The number of oxazole rings is 1. The van der Waals surface area contributed by atoms with E-state index in [9.17, 15) is 0 Å². The van der Waals surface area contributed by atoms with Crippen molar-refractivity contribution in [1.82, 2.24) is 39.9 Å². The molecule has 6 aromatic heterocycles. The van der Waals surface area contributed by atoms with Gasteiger partial charge in [-0.15, -0.1) is 0 Å². The van der Waals surface area contributed by atoms with Gasteiger partial charge in [-0.3, -0.25) is 19.9 Å². The van der Waals surface area contributed by atoms with Crippen LogP contribution in [0.3, 0.4) is 0 Å². The summed E-state index contributed by atoms with van der Waals surface area (Å²) in [6.45, 7) is 0. The fourth-order valence-corrected chi connectivity index (χ4v) is 6.76. The SMILES string of the molecule is c1ccc(-c2cc(-c3ccccn3)cc(-c3nc(-c4ccc(-c5nc6ccccc6o5)cc4)nc(-c4cc(-c5ccccn5)cc(-c5ccccn5)c4)n3)c2)nc1. The van der Waals surface area contributed by atoms with Gasteiger partial charge in [-0.2, -0.15) is 0 Å². The minimum atomic E-state index is 0.496. The van der Waals surface area contributed by atoms with Crippen molar-refractivity contribution in [2.75, 3.05) is 0 Å². The predicted octanol–water partition coefficient (Wildman–Crippen LogP) is 10.9. The molecule has 0 aliphatic rings. The van der Waals surface area contributed by atoms with E-state index in [4.69, 9.17) is 24.4 Å². The van der Waals surface area contributed by atoms with E-state index in [1.165, 1.54) is 0 Å². The molecule has 0 radical (unpaired) electrons. The number of aromatic nitrogens is 8. The smallest absolute Gasteiger partial charge is 0.227 e. The number of para-hydroxylation sites is 2. The first-order valence-corrected chi connectivity index (χ1v) is 18.4. The van der Waals surface area contributed by atoms with Gasteiger partial charge in [-0.25, -0.2) is 19.9 Å². The van der Waals surface area contributed by atoms with Gasteiger partial charge >= 0.3 is 0 Å². The molecule has 0 fully saturated rings. The Kier molecular flexibility index (Phi) is 8.62. The van der Waals surface area contributed by atoms with Crippen LogP contribution in [-0.4, -0.2) is 39.9 Å². The summed E-state index contributed by atoms with van der Waals surface area (Å²) in [6, 6.07) is 51.6. The van der Waals surface area contributed by atoms with Crippen LogP contribution in [0.15, 0.2) is 187 Å². The number of hydrogen-bond donors (Lipinski definition) is 0. The summed E-state index contributed by atoms with van der Waals surface area (Å²) in [5.74, 6) is 2.04. The Labute approximate surface area is 327 Å². The highest BCUT2D eigenvalue weighted by Gasteiger charge is 2.18. The Morgan fingerprint density at radius 3 is 1.07 bits per heavy atom. The van der Waals surface area contributed by atoms with E-state index in [-0.39, 0.29) is 0 Å². The van der Waals surface area contributed by atoms with E-state index in [0.29, 0.717) is 23.4 Å². The minimum Gasteiger partial charge on any atom is -0.436 e. The maximum atomic E-state index is 6.07. The van der Waals surface area contributed by atoms with Crippen molar-refractivity contribution in [3.63, 3.8) is 0 Å². The van der Waals surface area contributed by atoms with E-state index in [2.05, 4.69) is 56.3 Å². The van der Waals surface area contributed by atoms with Gasteiger partial charge in [0.15, 0.2) is 23.1 Å². The van der Waals surface area contributed by atoms with Gasteiger partial charge in [0.2, 0.25) is 5.89 Å². The van der Waals surface area contributed by atoms with Crippen LogP contribution in [0.4, 0.5) is 0 Å². The van der Waals surface area contributed by atoms with Crippen LogP contribution in [0.1, 0.15) is 0 Å². The number of hydrogen-bond acceptors (Lipinski definition) is 9. The van der Waals surface area contributed by atoms with Crippen molar-refractivity contribution < 1.29 is 4.42 Å². The fourth-order valence-electron chi connectivity index (χ4n) is 6.76. The molecule has 0 atom stereocenters. The average molecular weight is 735 g/mol. The van der Waals surface area contributed by atoms with Crippen molar-refractivity contribution in [2.24, 2.45) is 0 Å². The molecule has 4 aromatic carbocycles. The molecule has 0 aliphatic carbocycles. The van der Waals surface area contributed by atoms with Crippen molar-refractivity contribution in [3.8, 4) is 90.6 Å². The van der Waals surface area contributed by atoms with E-state index < -0.39 is 0 Å².